The van der Waals surface area contributed by atoms with Gasteiger partial charge >= 0.3 is 0 Å². The van der Waals surface area contributed by atoms with Crippen LogP contribution >= 0.6 is 0 Å². The van der Waals surface area contributed by atoms with Crippen LogP contribution in [0.4, 0.5) is 5.69 Å². The second-order valence-electron chi connectivity index (χ2n) is 6.69. The van der Waals surface area contributed by atoms with Crippen LogP contribution in [-0.2, 0) is 9.53 Å². The predicted molar refractivity (Wildman–Crippen MR) is 101 cm³/mol. The minimum Gasteiger partial charge on any atom is -0.495 e. The monoisotopic (exact) mass is 355 g/mol. The molecule has 0 spiro atoms. The number of nitrogens with one attached hydrogen (secondary N) is 1. The molecule has 1 aliphatic heterocycles. The molecule has 26 heavy (non-hydrogen) atoms. The number of benzene rings is 2. The summed E-state index contributed by atoms with van der Waals surface area (Å²) in [6.45, 7) is 3.59. The zero-order chi connectivity index (χ0) is 18.4. The van der Waals surface area contributed by atoms with E-state index < -0.39 is 0 Å². The van der Waals surface area contributed by atoms with Gasteiger partial charge in [0.15, 0.2) is 6.04 Å². The van der Waals surface area contributed by atoms with Crippen molar-refractivity contribution in [2.45, 2.75) is 31.9 Å². The number of rotatable bonds is 7. The van der Waals surface area contributed by atoms with E-state index in [9.17, 15) is 4.79 Å². The van der Waals surface area contributed by atoms with Crippen molar-refractivity contribution in [3.63, 3.8) is 0 Å². The summed E-state index contributed by atoms with van der Waals surface area (Å²) in [5.74, 6) is 0.605. The van der Waals surface area contributed by atoms with Crippen LogP contribution < -0.4 is 15.4 Å². The first kappa shape index (κ1) is 18.4. The molecule has 3 rings (SSSR count). The Morgan fingerprint density at radius 1 is 1.31 bits per heavy atom. The van der Waals surface area contributed by atoms with Gasteiger partial charge in [0, 0.05) is 12.2 Å². The highest BCUT2D eigenvalue weighted by atomic mass is 16.5. The molecule has 138 valence electrons. The van der Waals surface area contributed by atoms with Crippen molar-refractivity contribution in [2.75, 3.05) is 25.6 Å². The van der Waals surface area contributed by atoms with Gasteiger partial charge in [-0.05, 0) is 37.5 Å². The zero-order valence-electron chi connectivity index (χ0n) is 15.4. The number of carbonyl (C=O) groups is 1. The average Bonchev–Trinajstić information content (AvgIpc) is 3.16. The molecule has 2 atom stereocenters. The van der Waals surface area contributed by atoms with E-state index in [2.05, 4.69) is 10.6 Å². The maximum atomic E-state index is 13.1. The molecule has 0 saturated carbocycles. The number of nitrogens with two attached hydrogens (primary N) is 1. The molecular weight excluding hydrogens is 328 g/mol. The summed E-state index contributed by atoms with van der Waals surface area (Å²) in [6.07, 6.45) is 2.38. The van der Waals surface area contributed by atoms with E-state index in [-0.39, 0.29) is 18.1 Å². The first-order valence-corrected chi connectivity index (χ1v) is 9.13. The molecule has 1 amide bonds. The number of quaternary nitrogens is 1. The first-order valence-electron chi connectivity index (χ1n) is 9.13. The Bertz CT molecular complexity index is 727. The standard InChI is InChI=1S/C21H26N2O3/c1-15-10-11-19(25-2)18(13-15)23-21(24)20(16-7-4-3-5-8-16)22-14-17-9-6-12-26-17/h3-5,7-8,10-11,13,17,20,22H,6,9,12,14H2,1-2H3,(H,23,24)/p+1/t17-,20+/m0/s1. The third kappa shape index (κ3) is 4.62. The second kappa shape index (κ2) is 8.83. The molecule has 0 radical (unpaired) electrons. The van der Waals surface area contributed by atoms with Gasteiger partial charge in [-0.1, -0.05) is 36.4 Å². The Kier molecular flexibility index (Phi) is 6.26. The Labute approximate surface area is 154 Å². The predicted octanol–water partition coefficient (Wildman–Crippen LogP) is 2.43. The molecular formula is C21H27N2O3+. The number of aryl methyl sites for hydroxylation is 1. The molecule has 5 heteroatoms. The van der Waals surface area contributed by atoms with Gasteiger partial charge in [-0.15, -0.1) is 0 Å². The van der Waals surface area contributed by atoms with Gasteiger partial charge < -0.3 is 20.1 Å². The molecule has 0 aliphatic carbocycles. The highest BCUT2D eigenvalue weighted by Crippen LogP contribution is 2.26. The van der Waals surface area contributed by atoms with Crippen LogP contribution in [0.15, 0.2) is 48.5 Å². The highest BCUT2D eigenvalue weighted by Gasteiger charge is 2.27. The lowest BCUT2D eigenvalue weighted by molar-refractivity contribution is -0.687. The molecule has 1 saturated heterocycles. The lowest BCUT2D eigenvalue weighted by Crippen LogP contribution is -2.89. The molecule has 2 aromatic rings. The van der Waals surface area contributed by atoms with Crippen molar-refractivity contribution in [3.05, 3.63) is 59.7 Å². The van der Waals surface area contributed by atoms with Crippen molar-refractivity contribution in [2.24, 2.45) is 0 Å². The summed E-state index contributed by atoms with van der Waals surface area (Å²) in [7, 11) is 1.61. The fraction of sp³-hybridized carbons (Fsp3) is 0.381. The van der Waals surface area contributed by atoms with E-state index in [1.54, 1.807) is 7.11 Å². The lowest BCUT2D eigenvalue weighted by atomic mass is 10.1. The fourth-order valence-corrected chi connectivity index (χ4v) is 3.30. The molecule has 1 heterocycles. The zero-order valence-corrected chi connectivity index (χ0v) is 15.4. The summed E-state index contributed by atoms with van der Waals surface area (Å²) in [4.78, 5) is 13.1. The van der Waals surface area contributed by atoms with Gasteiger partial charge in [0.2, 0.25) is 0 Å². The van der Waals surface area contributed by atoms with Gasteiger partial charge in [-0.25, -0.2) is 0 Å². The maximum Gasteiger partial charge on any atom is 0.287 e. The number of amides is 1. The second-order valence-corrected chi connectivity index (χ2v) is 6.69. The van der Waals surface area contributed by atoms with Gasteiger partial charge in [0.1, 0.15) is 18.4 Å². The first-order chi connectivity index (χ1) is 12.7. The van der Waals surface area contributed by atoms with Crippen LogP contribution in [0.1, 0.15) is 30.0 Å². The van der Waals surface area contributed by atoms with E-state index in [4.69, 9.17) is 9.47 Å². The van der Waals surface area contributed by atoms with Crippen LogP contribution in [0.2, 0.25) is 0 Å². The van der Waals surface area contributed by atoms with Crippen LogP contribution in [0.25, 0.3) is 0 Å². The highest BCUT2D eigenvalue weighted by molar-refractivity contribution is 5.95. The third-order valence-corrected chi connectivity index (χ3v) is 4.71. The Hall–Kier alpha value is -2.37. The van der Waals surface area contributed by atoms with E-state index in [0.29, 0.717) is 11.4 Å². The Balaban J connectivity index is 1.77. The molecule has 0 aromatic heterocycles. The fourth-order valence-electron chi connectivity index (χ4n) is 3.30. The number of hydrogen-bond donors (Lipinski definition) is 2. The molecule has 0 bridgehead atoms. The van der Waals surface area contributed by atoms with E-state index in [0.717, 1.165) is 37.1 Å². The maximum absolute atomic E-state index is 13.1. The minimum absolute atomic E-state index is 0.0573. The summed E-state index contributed by atoms with van der Waals surface area (Å²) in [6, 6.07) is 15.3. The summed E-state index contributed by atoms with van der Waals surface area (Å²) in [5.41, 5.74) is 2.75. The van der Waals surface area contributed by atoms with Gasteiger partial charge in [0.05, 0.1) is 12.8 Å². The molecule has 1 fully saturated rings. The van der Waals surface area contributed by atoms with Crippen LogP contribution in [0.3, 0.4) is 0 Å². The summed E-state index contributed by atoms with van der Waals surface area (Å²) in [5, 5.41) is 5.11. The topological polar surface area (TPSA) is 64.2 Å². The molecule has 3 N–H and O–H groups in total. The number of ether oxygens (including phenoxy) is 2. The van der Waals surface area contributed by atoms with Gasteiger partial charge in [-0.2, -0.15) is 0 Å². The van der Waals surface area contributed by atoms with Crippen LogP contribution in [0, 0.1) is 6.92 Å². The normalized spacial score (nSPS) is 17.7. The minimum atomic E-state index is -0.328. The van der Waals surface area contributed by atoms with Crippen molar-refractivity contribution in [3.8, 4) is 5.75 Å². The lowest BCUT2D eigenvalue weighted by Gasteiger charge is -2.19. The summed E-state index contributed by atoms with van der Waals surface area (Å²) >= 11 is 0. The quantitative estimate of drug-likeness (QED) is 0.802. The smallest absolute Gasteiger partial charge is 0.287 e. The number of anilines is 1. The van der Waals surface area contributed by atoms with Crippen molar-refractivity contribution >= 4 is 11.6 Å². The number of methoxy groups -OCH3 is 1. The number of hydrogen-bond acceptors (Lipinski definition) is 3. The third-order valence-electron chi connectivity index (χ3n) is 4.71. The molecule has 1 aliphatic rings. The van der Waals surface area contributed by atoms with E-state index in [1.807, 2.05) is 55.5 Å². The summed E-state index contributed by atoms with van der Waals surface area (Å²) < 4.78 is 11.1. The van der Waals surface area contributed by atoms with E-state index in [1.165, 1.54) is 0 Å². The van der Waals surface area contributed by atoms with Crippen LogP contribution in [0.5, 0.6) is 5.75 Å². The van der Waals surface area contributed by atoms with Crippen molar-refractivity contribution in [1.29, 1.82) is 0 Å². The van der Waals surface area contributed by atoms with Crippen LogP contribution in [-0.4, -0.2) is 32.3 Å². The Morgan fingerprint density at radius 3 is 2.81 bits per heavy atom. The molecule has 0 unspecified atom stereocenters. The molecule has 5 nitrogen and oxygen atoms in total. The van der Waals surface area contributed by atoms with Gasteiger partial charge in [-0.3, -0.25) is 4.79 Å². The largest absolute Gasteiger partial charge is 0.495 e. The molecule has 2 aromatic carbocycles. The SMILES string of the molecule is COc1ccc(C)cc1NC(=O)[C@H]([NH2+]C[C@@H]1CCCO1)c1ccccc1. The average molecular weight is 355 g/mol. The number of carbonyl (C=O) groups excluding carboxylic acids is 1. The Morgan fingerprint density at radius 2 is 2.12 bits per heavy atom. The van der Waals surface area contributed by atoms with Crippen molar-refractivity contribution < 1.29 is 19.6 Å². The van der Waals surface area contributed by atoms with Gasteiger partial charge in [0.25, 0.3) is 5.91 Å². The van der Waals surface area contributed by atoms with E-state index >= 15 is 0 Å². The van der Waals surface area contributed by atoms with Crippen molar-refractivity contribution in [1.82, 2.24) is 0 Å².